The van der Waals surface area contributed by atoms with Gasteiger partial charge in [-0.25, -0.2) is 14.6 Å². The standard InChI is InChI=1S/C9H13N5/c1-4-5(2)8(10)13-9-7(4)12-6(3)14(9)11/h11H2,1-3H3,(H2,10,13). The number of aromatic nitrogens is 3. The second-order valence-electron chi connectivity index (χ2n) is 3.45. The number of anilines is 1. The summed E-state index contributed by atoms with van der Waals surface area (Å²) in [5.41, 5.74) is 9.24. The third kappa shape index (κ3) is 0.951. The summed E-state index contributed by atoms with van der Waals surface area (Å²) in [5.74, 6) is 7.01. The van der Waals surface area contributed by atoms with Crippen molar-refractivity contribution in [3.8, 4) is 0 Å². The Morgan fingerprint density at radius 3 is 2.36 bits per heavy atom. The molecule has 14 heavy (non-hydrogen) atoms. The summed E-state index contributed by atoms with van der Waals surface area (Å²) in [6.45, 7) is 5.75. The minimum absolute atomic E-state index is 0.515. The Hall–Kier alpha value is -1.78. The zero-order chi connectivity index (χ0) is 10.5. The molecule has 5 heteroatoms. The second-order valence-corrected chi connectivity index (χ2v) is 3.45. The van der Waals surface area contributed by atoms with Gasteiger partial charge in [0.05, 0.1) is 0 Å². The van der Waals surface area contributed by atoms with Gasteiger partial charge in [0, 0.05) is 0 Å². The Bertz CT molecular complexity index is 512. The van der Waals surface area contributed by atoms with Crippen molar-refractivity contribution in [2.45, 2.75) is 20.8 Å². The minimum Gasteiger partial charge on any atom is -0.383 e. The van der Waals surface area contributed by atoms with E-state index in [4.69, 9.17) is 11.6 Å². The Balaban J connectivity index is 2.98. The SMILES string of the molecule is Cc1c(N)nc2c(nc(C)n2N)c1C. The van der Waals surface area contributed by atoms with Crippen molar-refractivity contribution in [3.63, 3.8) is 0 Å². The molecule has 0 fully saturated rings. The van der Waals surface area contributed by atoms with Crippen molar-refractivity contribution in [1.82, 2.24) is 14.6 Å². The lowest BCUT2D eigenvalue weighted by molar-refractivity contribution is 0.943. The van der Waals surface area contributed by atoms with Crippen molar-refractivity contribution in [1.29, 1.82) is 0 Å². The number of nitrogens with two attached hydrogens (primary N) is 2. The highest BCUT2D eigenvalue weighted by molar-refractivity contribution is 5.79. The summed E-state index contributed by atoms with van der Waals surface area (Å²) in [4.78, 5) is 8.54. The molecule has 0 amide bonds. The van der Waals surface area contributed by atoms with Gasteiger partial charge in [0.2, 0.25) is 0 Å². The Kier molecular flexibility index (Phi) is 1.64. The normalized spacial score (nSPS) is 11.1. The van der Waals surface area contributed by atoms with Crippen molar-refractivity contribution >= 4 is 17.0 Å². The van der Waals surface area contributed by atoms with Crippen LogP contribution in [0.25, 0.3) is 11.2 Å². The van der Waals surface area contributed by atoms with E-state index in [-0.39, 0.29) is 0 Å². The molecule has 0 aromatic carbocycles. The number of fused-ring (bicyclic) bond motifs is 1. The van der Waals surface area contributed by atoms with Crippen LogP contribution < -0.4 is 11.6 Å². The molecule has 0 bridgehead atoms. The van der Waals surface area contributed by atoms with Gasteiger partial charge in [-0.2, -0.15) is 0 Å². The fraction of sp³-hybridized carbons (Fsp3) is 0.333. The fourth-order valence-corrected chi connectivity index (χ4v) is 1.46. The van der Waals surface area contributed by atoms with E-state index in [0.29, 0.717) is 11.5 Å². The van der Waals surface area contributed by atoms with Gasteiger partial charge in [0.25, 0.3) is 0 Å². The molecule has 0 spiro atoms. The van der Waals surface area contributed by atoms with Crippen LogP contribution in [0.5, 0.6) is 0 Å². The molecule has 0 aliphatic carbocycles. The first-order valence-corrected chi connectivity index (χ1v) is 4.39. The molecule has 0 aliphatic heterocycles. The molecule has 0 unspecified atom stereocenters. The van der Waals surface area contributed by atoms with Crippen LogP contribution in [-0.2, 0) is 0 Å². The summed E-state index contributed by atoms with van der Waals surface area (Å²) < 4.78 is 1.46. The van der Waals surface area contributed by atoms with Gasteiger partial charge in [-0.1, -0.05) is 0 Å². The van der Waals surface area contributed by atoms with Crippen LogP contribution in [0.15, 0.2) is 0 Å². The Morgan fingerprint density at radius 2 is 1.71 bits per heavy atom. The summed E-state index contributed by atoms with van der Waals surface area (Å²) in [6, 6.07) is 0. The van der Waals surface area contributed by atoms with Crippen LogP contribution in [0.4, 0.5) is 5.82 Å². The van der Waals surface area contributed by atoms with E-state index in [1.165, 1.54) is 4.68 Å². The zero-order valence-electron chi connectivity index (χ0n) is 8.50. The number of aryl methyl sites for hydroxylation is 2. The smallest absolute Gasteiger partial charge is 0.181 e. The van der Waals surface area contributed by atoms with Crippen LogP contribution >= 0.6 is 0 Å². The summed E-state index contributed by atoms with van der Waals surface area (Å²) in [6.07, 6.45) is 0. The van der Waals surface area contributed by atoms with E-state index in [1.807, 2.05) is 20.8 Å². The van der Waals surface area contributed by atoms with Gasteiger partial charge in [0.1, 0.15) is 17.2 Å². The van der Waals surface area contributed by atoms with Gasteiger partial charge in [-0.05, 0) is 31.9 Å². The maximum absolute atomic E-state index is 5.76. The average molecular weight is 191 g/mol. The van der Waals surface area contributed by atoms with E-state index in [1.54, 1.807) is 0 Å². The Labute approximate surface area is 81.7 Å². The molecule has 2 aromatic rings. The number of nitrogens with zero attached hydrogens (tertiary/aromatic N) is 3. The number of rotatable bonds is 0. The molecule has 2 rings (SSSR count). The zero-order valence-corrected chi connectivity index (χ0v) is 8.50. The lowest BCUT2D eigenvalue weighted by Crippen LogP contribution is -2.11. The molecule has 2 aromatic heterocycles. The minimum atomic E-state index is 0.515. The maximum Gasteiger partial charge on any atom is 0.181 e. The van der Waals surface area contributed by atoms with Crippen molar-refractivity contribution in [3.05, 3.63) is 17.0 Å². The summed E-state index contributed by atoms with van der Waals surface area (Å²) >= 11 is 0. The quantitative estimate of drug-likeness (QED) is 0.599. The van der Waals surface area contributed by atoms with Gasteiger partial charge in [-0.3, -0.25) is 0 Å². The fourth-order valence-electron chi connectivity index (χ4n) is 1.46. The molecule has 74 valence electrons. The third-order valence-electron chi connectivity index (χ3n) is 2.59. The highest BCUT2D eigenvalue weighted by atomic mass is 15.3. The largest absolute Gasteiger partial charge is 0.383 e. The van der Waals surface area contributed by atoms with Crippen molar-refractivity contribution < 1.29 is 0 Å². The first-order chi connectivity index (χ1) is 6.52. The average Bonchev–Trinajstić information content (AvgIpc) is 2.42. The molecule has 5 nitrogen and oxygen atoms in total. The number of hydrogen-bond acceptors (Lipinski definition) is 4. The van der Waals surface area contributed by atoms with Crippen LogP contribution in [-0.4, -0.2) is 14.6 Å². The van der Waals surface area contributed by atoms with E-state index in [0.717, 1.165) is 22.5 Å². The lowest BCUT2D eigenvalue weighted by Gasteiger charge is -2.04. The first kappa shape index (κ1) is 8.80. The first-order valence-electron chi connectivity index (χ1n) is 4.39. The van der Waals surface area contributed by atoms with Crippen LogP contribution in [0.1, 0.15) is 17.0 Å². The maximum atomic E-state index is 5.76. The molecule has 0 radical (unpaired) electrons. The summed E-state index contributed by atoms with van der Waals surface area (Å²) in [5, 5.41) is 0. The topological polar surface area (TPSA) is 82.8 Å². The monoisotopic (exact) mass is 191 g/mol. The van der Waals surface area contributed by atoms with Crippen molar-refractivity contribution in [2.24, 2.45) is 0 Å². The Morgan fingerprint density at radius 1 is 1.07 bits per heavy atom. The number of nitrogen functional groups attached to an aromatic ring is 2. The van der Waals surface area contributed by atoms with E-state index in [2.05, 4.69) is 9.97 Å². The molecule has 2 heterocycles. The van der Waals surface area contributed by atoms with E-state index >= 15 is 0 Å². The van der Waals surface area contributed by atoms with Crippen LogP contribution in [0.3, 0.4) is 0 Å². The number of hydrogen-bond donors (Lipinski definition) is 2. The van der Waals surface area contributed by atoms with Gasteiger partial charge >= 0.3 is 0 Å². The summed E-state index contributed by atoms with van der Waals surface area (Å²) in [7, 11) is 0. The van der Waals surface area contributed by atoms with Gasteiger partial charge < -0.3 is 11.6 Å². The lowest BCUT2D eigenvalue weighted by atomic mass is 10.1. The van der Waals surface area contributed by atoms with Crippen LogP contribution in [0, 0.1) is 20.8 Å². The highest BCUT2D eigenvalue weighted by Crippen LogP contribution is 2.22. The predicted molar refractivity (Wildman–Crippen MR) is 56.3 cm³/mol. The van der Waals surface area contributed by atoms with E-state index in [9.17, 15) is 0 Å². The molecule has 0 aliphatic rings. The van der Waals surface area contributed by atoms with E-state index < -0.39 is 0 Å². The van der Waals surface area contributed by atoms with Gasteiger partial charge in [0.15, 0.2) is 5.65 Å². The van der Waals surface area contributed by atoms with Gasteiger partial charge in [-0.15, -0.1) is 0 Å². The number of pyridine rings is 1. The molecule has 0 saturated heterocycles. The second kappa shape index (κ2) is 2.60. The molecule has 0 saturated carbocycles. The molecular formula is C9H13N5. The molecule has 4 N–H and O–H groups in total. The number of imidazole rings is 1. The third-order valence-corrected chi connectivity index (χ3v) is 2.59. The van der Waals surface area contributed by atoms with Crippen molar-refractivity contribution in [2.75, 3.05) is 11.6 Å². The highest BCUT2D eigenvalue weighted by Gasteiger charge is 2.12. The predicted octanol–water partition coefficient (Wildman–Crippen LogP) is 0.653. The van der Waals surface area contributed by atoms with Crippen LogP contribution in [0.2, 0.25) is 0 Å². The molecular weight excluding hydrogens is 178 g/mol. The molecule has 0 atom stereocenters.